The van der Waals surface area contributed by atoms with Crippen LogP contribution in [0.15, 0.2) is 40.9 Å². The van der Waals surface area contributed by atoms with Crippen molar-refractivity contribution in [3.63, 3.8) is 0 Å². The molecule has 0 aliphatic carbocycles. The Morgan fingerprint density at radius 2 is 1.81 bits per heavy atom. The van der Waals surface area contributed by atoms with Gasteiger partial charge in [0, 0.05) is 42.8 Å². The Morgan fingerprint density at radius 1 is 1.07 bits per heavy atom. The SMILES string of the molecule is COc1ccc(OC)c(CN2CCN(C(=O)c3cc(Br)ccc3Cl)CC2)c1. The number of ether oxygens (including phenoxy) is 2. The predicted molar refractivity (Wildman–Crippen MR) is 110 cm³/mol. The van der Waals surface area contributed by atoms with Crippen molar-refractivity contribution in [2.45, 2.75) is 6.54 Å². The number of piperazine rings is 1. The van der Waals surface area contributed by atoms with E-state index in [-0.39, 0.29) is 5.91 Å². The molecule has 2 aromatic carbocycles. The van der Waals surface area contributed by atoms with Gasteiger partial charge >= 0.3 is 0 Å². The molecule has 27 heavy (non-hydrogen) atoms. The van der Waals surface area contributed by atoms with Gasteiger partial charge in [-0.2, -0.15) is 0 Å². The van der Waals surface area contributed by atoms with Crippen LogP contribution in [0.3, 0.4) is 0 Å². The van der Waals surface area contributed by atoms with Crippen molar-refractivity contribution < 1.29 is 14.3 Å². The summed E-state index contributed by atoms with van der Waals surface area (Å²) in [6.07, 6.45) is 0. The number of nitrogens with zero attached hydrogens (tertiary/aromatic N) is 2. The van der Waals surface area contributed by atoms with Crippen LogP contribution in [0, 0.1) is 0 Å². The van der Waals surface area contributed by atoms with Gasteiger partial charge in [-0.3, -0.25) is 9.69 Å². The van der Waals surface area contributed by atoms with E-state index >= 15 is 0 Å². The highest BCUT2D eigenvalue weighted by atomic mass is 79.9. The Balaban J connectivity index is 1.64. The third-order valence-corrected chi connectivity index (χ3v) is 5.52. The minimum atomic E-state index is -0.0279. The standard InChI is InChI=1S/C20H22BrClN2O3/c1-26-16-4-6-19(27-2)14(11-16)13-23-7-9-24(10-8-23)20(25)17-12-15(21)3-5-18(17)22/h3-6,11-12H,7-10,13H2,1-2H3. The summed E-state index contributed by atoms with van der Waals surface area (Å²) >= 11 is 9.60. The lowest BCUT2D eigenvalue weighted by Gasteiger charge is -2.35. The summed E-state index contributed by atoms with van der Waals surface area (Å²) < 4.78 is 11.6. The zero-order valence-corrected chi connectivity index (χ0v) is 17.7. The fourth-order valence-electron chi connectivity index (χ4n) is 3.19. The number of rotatable bonds is 5. The lowest BCUT2D eigenvalue weighted by atomic mass is 10.1. The minimum Gasteiger partial charge on any atom is -0.497 e. The second kappa shape index (κ2) is 8.95. The van der Waals surface area contributed by atoms with Gasteiger partial charge in [0.1, 0.15) is 11.5 Å². The molecule has 0 atom stereocenters. The lowest BCUT2D eigenvalue weighted by molar-refractivity contribution is 0.0627. The highest BCUT2D eigenvalue weighted by molar-refractivity contribution is 9.10. The van der Waals surface area contributed by atoms with E-state index in [1.165, 1.54) is 0 Å². The van der Waals surface area contributed by atoms with Gasteiger partial charge < -0.3 is 14.4 Å². The summed E-state index contributed by atoms with van der Waals surface area (Å²) in [4.78, 5) is 17.0. The number of methoxy groups -OCH3 is 2. The Morgan fingerprint density at radius 3 is 2.48 bits per heavy atom. The van der Waals surface area contributed by atoms with E-state index < -0.39 is 0 Å². The number of halogens is 2. The van der Waals surface area contributed by atoms with Crippen molar-refractivity contribution in [1.82, 2.24) is 9.80 Å². The van der Waals surface area contributed by atoms with E-state index in [1.807, 2.05) is 29.2 Å². The molecule has 5 nitrogen and oxygen atoms in total. The first-order valence-electron chi connectivity index (χ1n) is 8.69. The van der Waals surface area contributed by atoms with Gasteiger partial charge in [-0.15, -0.1) is 0 Å². The molecular formula is C20H22BrClN2O3. The maximum Gasteiger partial charge on any atom is 0.255 e. The van der Waals surface area contributed by atoms with Gasteiger partial charge in [-0.1, -0.05) is 27.5 Å². The molecule has 2 aromatic rings. The summed E-state index contributed by atoms with van der Waals surface area (Å²) in [5.41, 5.74) is 1.61. The number of amides is 1. The van der Waals surface area contributed by atoms with Crippen LogP contribution in [0.5, 0.6) is 11.5 Å². The Hall–Kier alpha value is -1.76. The molecule has 1 saturated heterocycles. The summed E-state index contributed by atoms with van der Waals surface area (Å²) in [6, 6.07) is 11.2. The number of carbonyl (C=O) groups excluding carboxylic acids is 1. The summed E-state index contributed by atoms with van der Waals surface area (Å²) in [5, 5.41) is 0.478. The maximum absolute atomic E-state index is 12.8. The van der Waals surface area contributed by atoms with Crippen molar-refractivity contribution in [1.29, 1.82) is 0 Å². The molecule has 0 radical (unpaired) electrons. The smallest absolute Gasteiger partial charge is 0.255 e. The van der Waals surface area contributed by atoms with Gasteiger partial charge in [0.25, 0.3) is 5.91 Å². The Kier molecular flexibility index (Phi) is 6.63. The van der Waals surface area contributed by atoms with Gasteiger partial charge in [0.2, 0.25) is 0 Å². The highest BCUT2D eigenvalue weighted by Crippen LogP contribution is 2.26. The second-order valence-corrected chi connectivity index (χ2v) is 7.69. The van der Waals surface area contributed by atoms with E-state index in [9.17, 15) is 4.79 Å². The molecule has 0 spiro atoms. The molecule has 1 heterocycles. The topological polar surface area (TPSA) is 42.0 Å². The maximum atomic E-state index is 12.8. The van der Waals surface area contributed by atoms with Crippen LogP contribution < -0.4 is 9.47 Å². The molecular weight excluding hydrogens is 432 g/mol. The number of benzene rings is 2. The first kappa shape index (κ1) is 20.0. The van der Waals surface area contributed by atoms with Crippen LogP contribution in [-0.2, 0) is 6.54 Å². The quantitative estimate of drug-likeness (QED) is 0.684. The number of hydrogen-bond acceptors (Lipinski definition) is 4. The van der Waals surface area contributed by atoms with E-state index in [0.29, 0.717) is 23.7 Å². The fourth-order valence-corrected chi connectivity index (χ4v) is 3.75. The molecule has 0 N–H and O–H groups in total. The van der Waals surface area contributed by atoms with E-state index in [2.05, 4.69) is 20.8 Å². The van der Waals surface area contributed by atoms with Crippen molar-refractivity contribution >= 4 is 33.4 Å². The van der Waals surface area contributed by atoms with Crippen LogP contribution in [0.1, 0.15) is 15.9 Å². The molecule has 1 amide bonds. The summed E-state index contributed by atoms with van der Waals surface area (Å²) in [7, 11) is 3.33. The minimum absolute atomic E-state index is 0.0279. The Bertz CT molecular complexity index is 823. The van der Waals surface area contributed by atoms with Gasteiger partial charge in [-0.25, -0.2) is 0 Å². The zero-order chi connectivity index (χ0) is 19.4. The third-order valence-electron chi connectivity index (χ3n) is 4.70. The van der Waals surface area contributed by atoms with Gasteiger partial charge in [0.05, 0.1) is 24.8 Å². The van der Waals surface area contributed by atoms with Crippen molar-refractivity contribution in [2.75, 3.05) is 40.4 Å². The molecule has 1 fully saturated rings. The monoisotopic (exact) mass is 452 g/mol. The number of hydrogen-bond donors (Lipinski definition) is 0. The molecule has 0 unspecified atom stereocenters. The molecule has 0 aromatic heterocycles. The largest absolute Gasteiger partial charge is 0.497 e. The normalized spacial score (nSPS) is 14.9. The first-order valence-corrected chi connectivity index (χ1v) is 9.86. The van der Waals surface area contributed by atoms with Crippen LogP contribution >= 0.6 is 27.5 Å². The highest BCUT2D eigenvalue weighted by Gasteiger charge is 2.24. The van der Waals surface area contributed by atoms with Crippen molar-refractivity contribution in [3.8, 4) is 11.5 Å². The van der Waals surface area contributed by atoms with Crippen LogP contribution in [0.2, 0.25) is 5.02 Å². The van der Waals surface area contributed by atoms with Gasteiger partial charge in [0.15, 0.2) is 0 Å². The zero-order valence-electron chi connectivity index (χ0n) is 15.4. The second-order valence-electron chi connectivity index (χ2n) is 6.37. The molecule has 1 aliphatic heterocycles. The molecule has 7 heteroatoms. The third kappa shape index (κ3) is 4.75. The van der Waals surface area contributed by atoms with Crippen molar-refractivity contribution in [3.05, 3.63) is 57.0 Å². The molecule has 3 rings (SSSR count). The average molecular weight is 454 g/mol. The predicted octanol–water partition coefficient (Wildman–Crippen LogP) is 4.08. The van der Waals surface area contributed by atoms with Crippen LogP contribution in [0.4, 0.5) is 0 Å². The first-order chi connectivity index (χ1) is 13.0. The van der Waals surface area contributed by atoms with Crippen LogP contribution in [-0.4, -0.2) is 56.1 Å². The summed E-state index contributed by atoms with van der Waals surface area (Å²) in [6.45, 7) is 3.65. The van der Waals surface area contributed by atoms with Crippen LogP contribution in [0.25, 0.3) is 0 Å². The Labute approximate surface area is 172 Å². The fraction of sp³-hybridized carbons (Fsp3) is 0.350. The van der Waals surface area contributed by atoms with E-state index in [0.717, 1.165) is 41.2 Å². The van der Waals surface area contributed by atoms with Gasteiger partial charge in [-0.05, 0) is 36.4 Å². The van der Waals surface area contributed by atoms with Crippen molar-refractivity contribution in [2.24, 2.45) is 0 Å². The van der Waals surface area contributed by atoms with E-state index in [4.69, 9.17) is 21.1 Å². The average Bonchev–Trinajstić information content (AvgIpc) is 2.69. The molecule has 144 valence electrons. The summed E-state index contributed by atoms with van der Waals surface area (Å²) in [5.74, 6) is 1.62. The number of carbonyl (C=O) groups is 1. The lowest BCUT2D eigenvalue weighted by Crippen LogP contribution is -2.48. The molecule has 1 aliphatic rings. The molecule has 0 bridgehead atoms. The molecule has 0 saturated carbocycles. The van der Waals surface area contributed by atoms with E-state index in [1.54, 1.807) is 26.4 Å².